The molecule has 0 fully saturated rings. The molecule has 0 bridgehead atoms. The first-order chi connectivity index (χ1) is 9.05. The Hall–Kier alpha value is -2.08. The second kappa shape index (κ2) is 5.27. The van der Waals surface area contributed by atoms with E-state index in [9.17, 15) is 13.2 Å². The lowest BCUT2D eigenvalue weighted by atomic mass is 10.4. The second-order valence-corrected chi connectivity index (χ2v) is 5.74. The van der Waals surface area contributed by atoms with Crippen molar-refractivity contribution in [2.24, 2.45) is 0 Å². The highest BCUT2D eigenvalue weighted by Crippen LogP contribution is 2.21. The normalized spacial score (nSPS) is 11.2. The van der Waals surface area contributed by atoms with Crippen LogP contribution in [0.3, 0.4) is 0 Å². The molecule has 1 aromatic heterocycles. The highest BCUT2D eigenvalue weighted by atomic mass is 32.2. The number of rotatable bonds is 4. The van der Waals surface area contributed by atoms with Gasteiger partial charge in [-0.2, -0.15) is 0 Å². The molecule has 19 heavy (non-hydrogen) atoms. The van der Waals surface area contributed by atoms with Crippen LogP contribution in [-0.4, -0.2) is 26.0 Å². The molecule has 0 spiro atoms. The third-order valence-corrected chi connectivity index (χ3v) is 4.26. The van der Waals surface area contributed by atoms with E-state index < -0.39 is 15.8 Å². The number of aromatic nitrogens is 1. The molecule has 0 aliphatic rings. The Morgan fingerprint density at radius 2 is 1.89 bits per heavy atom. The maximum absolute atomic E-state index is 12.3. The van der Waals surface area contributed by atoms with Gasteiger partial charge in [0.15, 0.2) is 0 Å². The van der Waals surface area contributed by atoms with Crippen molar-refractivity contribution < 1.29 is 17.9 Å². The fraction of sp³-hybridized carbons (Fsp3) is 0.154. The topological polar surface area (TPSA) is 76.2 Å². The van der Waals surface area contributed by atoms with Crippen LogP contribution in [0.15, 0.2) is 52.4 Å². The summed E-state index contributed by atoms with van der Waals surface area (Å²) in [5.41, 5.74) is 0.122. The summed E-state index contributed by atoms with van der Waals surface area (Å²) < 4.78 is 29.3. The van der Waals surface area contributed by atoms with E-state index in [0.717, 1.165) is 0 Å². The molecule has 2 aromatic rings. The number of aromatic amines is 1. The largest absolute Gasteiger partial charge is 0.461 e. The lowest BCUT2D eigenvalue weighted by Gasteiger charge is -2.00. The van der Waals surface area contributed by atoms with Gasteiger partial charge in [0, 0.05) is 6.20 Å². The lowest BCUT2D eigenvalue weighted by molar-refractivity contribution is 0.0520. The summed E-state index contributed by atoms with van der Waals surface area (Å²) in [6, 6.07) is 9.32. The summed E-state index contributed by atoms with van der Waals surface area (Å²) in [5.74, 6) is -0.572. The molecule has 0 aliphatic carbocycles. The van der Waals surface area contributed by atoms with Crippen molar-refractivity contribution in [1.82, 2.24) is 4.98 Å². The number of ether oxygens (including phenoxy) is 1. The smallest absolute Gasteiger partial charge is 0.354 e. The van der Waals surface area contributed by atoms with Crippen LogP contribution in [0.25, 0.3) is 0 Å². The third kappa shape index (κ3) is 2.68. The predicted octanol–water partition coefficient (Wildman–Crippen LogP) is 2.02. The molecule has 0 radical (unpaired) electrons. The molecule has 1 heterocycles. The predicted molar refractivity (Wildman–Crippen MR) is 68.6 cm³/mol. The maximum Gasteiger partial charge on any atom is 0.354 e. The van der Waals surface area contributed by atoms with Gasteiger partial charge in [-0.25, -0.2) is 13.2 Å². The molecule has 0 aliphatic heterocycles. The molecule has 6 heteroatoms. The molecule has 1 aromatic carbocycles. The number of benzene rings is 1. The van der Waals surface area contributed by atoms with E-state index in [-0.39, 0.29) is 22.1 Å². The van der Waals surface area contributed by atoms with E-state index in [1.165, 1.54) is 24.4 Å². The van der Waals surface area contributed by atoms with Crippen LogP contribution in [-0.2, 0) is 14.6 Å². The van der Waals surface area contributed by atoms with Crippen LogP contribution >= 0.6 is 0 Å². The molecule has 100 valence electrons. The van der Waals surface area contributed by atoms with Gasteiger partial charge in [0.2, 0.25) is 9.84 Å². The summed E-state index contributed by atoms with van der Waals surface area (Å²) >= 11 is 0. The van der Waals surface area contributed by atoms with Gasteiger partial charge in [-0.05, 0) is 25.1 Å². The Morgan fingerprint density at radius 1 is 1.21 bits per heavy atom. The van der Waals surface area contributed by atoms with Gasteiger partial charge in [0.25, 0.3) is 0 Å². The molecule has 0 atom stereocenters. The average molecular weight is 279 g/mol. The fourth-order valence-electron chi connectivity index (χ4n) is 1.59. The van der Waals surface area contributed by atoms with E-state index in [0.29, 0.717) is 0 Å². The Balaban J connectivity index is 2.36. The van der Waals surface area contributed by atoms with E-state index in [2.05, 4.69) is 4.98 Å². The third-order valence-electron chi connectivity index (χ3n) is 2.52. The minimum atomic E-state index is -3.61. The number of hydrogen-bond acceptors (Lipinski definition) is 4. The molecule has 1 N–H and O–H groups in total. The van der Waals surface area contributed by atoms with Crippen molar-refractivity contribution in [2.75, 3.05) is 6.61 Å². The number of carbonyl (C=O) groups excluding carboxylic acids is 1. The first-order valence-corrected chi connectivity index (χ1v) is 7.19. The number of esters is 1. The Bertz CT molecular complexity index is 674. The zero-order chi connectivity index (χ0) is 13.9. The minimum Gasteiger partial charge on any atom is -0.461 e. The Morgan fingerprint density at radius 3 is 2.53 bits per heavy atom. The maximum atomic E-state index is 12.3. The van der Waals surface area contributed by atoms with Crippen LogP contribution in [0.5, 0.6) is 0 Å². The van der Waals surface area contributed by atoms with Gasteiger partial charge in [-0.15, -0.1) is 0 Å². The van der Waals surface area contributed by atoms with Gasteiger partial charge in [-0.3, -0.25) is 0 Å². The molecule has 2 rings (SSSR count). The van der Waals surface area contributed by atoms with E-state index >= 15 is 0 Å². The summed E-state index contributed by atoms with van der Waals surface area (Å²) in [5, 5.41) is 0. The van der Waals surface area contributed by atoms with Crippen LogP contribution in [0, 0.1) is 0 Å². The number of hydrogen-bond donors (Lipinski definition) is 1. The van der Waals surface area contributed by atoms with Crippen molar-refractivity contribution in [1.29, 1.82) is 0 Å². The summed E-state index contributed by atoms with van der Waals surface area (Å²) in [6.07, 6.45) is 1.29. The van der Waals surface area contributed by atoms with Crippen molar-refractivity contribution in [3.63, 3.8) is 0 Å². The lowest BCUT2D eigenvalue weighted by Crippen LogP contribution is -2.04. The Kier molecular flexibility index (Phi) is 3.71. The van der Waals surface area contributed by atoms with E-state index in [1.54, 1.807) is 25.1 Å². The van der Waals surface area contributed by atoms with Crippen molar-refractivity contribution >= 4 is 15.8 Å². The minimum absolute atomic E-state index is 0.0433. The monoisotopic (exact) mass is 279 g/mol. The van der Waals surface area contributed by atoms with Crippen LogP contribution in [0.1, 0.15) is 17.4 Å². The quantitative estimate of drug-likeness (QED) is 0.869. The van der Waals surface area contributed by atoms with Gasteiger partial charge in [0.1, 0.15) is 5.69 Å². The first-order valence-electron chi connectivity index (χ1n) is 5.71. The Labute approximate surface area is 111 Å². The van der Waals surface area contributed by atoms with Crippen LogP contribution < -0.4 is 0 Å². The molecule has 0 unspecified atom stereocenters. The van der Waals surface area contributed by atoms with Gasteiger partial charge in [0.05, 0.1) is 16.4 Å². The van der Waals surface area contributed by atoms with Crippen molar-refractivity contribution in [2.45, 2.75) is 16.7 Å². The van der Waals surface area contributed by atoms with E-state index in [1.807, 2.05) is 0 Å². The van der Waals surface area contributed by atoms with Gasteiger partial charge < -0.3 is 9.72 Å². The summed E-state index contributed by atoms with van der Waals surface area (Å²) in [7, 11) is -3.61. The first kappa shape index (κ1) is 13.4. The van der Waals surface area contributed by atoms with Crippen molar-refractivity contribution in [3.8, 4) is 0 Å². The standard InChI is InChI=1S/C13H13NO4S/c1-2-18-13(15)12-8-11(9-14-12)19(16,17)10-6-4-3-5-7-10/h3-9,14H,2H2,1H3. The summed E-state index contributed by atoms with van der Waals surface area (Å²) in [4.78, 5) is 14.3. The molecular weight excluding hydrogens is 266 g/mol. The highest BCUT2D eigenvalue weighted by molar-refractivity contribution is 7.91. The fourth-order valence-corrected chi connectivity index (χ4v) is 2.87. The summed E-state index contributed by atoms with van der Waals surface area (Å²) in [6.45, 7) is 1.92. The van der Waals surface area contributed by atoms with Crippen LogP contribution in [0.4, 0.5) is 0 Å². The molecule has 0 amide bonds. The number of sulfone groups is 1. The second-order valence-electron chi connectivity index (χ2n) is 3.79. The molecule has 0 saturated heterocycles. The average Bonchev–Trinajstić information content (AvgIpc) is 2.90. The molecular formula is C13H13NO4S. The zero-order valence-corrected chi connectivity index (χ0v) is 11.1. The zero-order valence-electron chi connectivity index (χ0n) is 10.3. The van der Waals surface area contributed by atoms with E-state index in [4.69, 9.17) is 4.74 Å². The number of nitrogens with one attached hydrogen (secondary N) is 1. The van der Waals surface area contributed by atoms with Gasteiger partial charge >= 0.3 is 5.97 Å². The number of H-pyrrole nitrogens is 1. The molecule has 0 saturated carbocycles. The SMILES string of the molecule is CCOC(=O)c1cc(S(=O)(=O)c2ccccc2)c[nH]1. The van der Waals surface area contributed by atoms with Crippen molar-refractivity contribution in [3.05, 3.63) is 48.3 Å². The highest BCUT2D eigenvalue weighted by Gasteiger charge is 2.20. The number of carbonyl (C=O) groups is 1. The van der Waals surface area contributed by atoms with Gasteiger partial charge in [-0.1, -0.05) is 18.2 Å². The van der Waals surface area contributed by atoms with Crippen LogP contribution in [0.2, 0.25) is 0 Å². The molecule has 5 nitrogen and oxygen atoms in total.